The number of aryl methyl sites for hydroxylation is 1. The minimum absolute atomic E-state index is 0.322. The van der Waals surface area contributed by atoms with E-state index in [-0.39, 0.29) is 0 Å². The average Bonchev–Trinajstić information content (AvgIpc) is 2.52. The average molecular weight is 177 g/mol. The Kier molecular flexibility index (Phi) is 2.19. The molecule has 2 N–H and O–H groups in total. The molecule has 2 rings (SSSR count). The maximum Gasteiger partial charge on any atom is 0.128 e. The highest BCUT2D eigenvalue weighted by molar-refractivity contribution is 5.41. The van der Waals surface area contributed by atoms with Crippen LogP contribution in [0.5, 0.6) is 0 Å². The minimum atomic E-state index is 0.322. The third-order valence-electron chi connectivity index (χ3n) is 2.45. The van der Waals surface area contributed by atoms with Crippen molar-refractivity contribution in [1.29, 1.82) is 0 Å². The summed E-state index contributed by atoms with van der Waals surface area (Å²) >= 11 is 0. The molecule has 70 valence electrons. The van der Waals surface area contributed by atoms with Gasteiger partial charge >= 0.3 is 0 Å². The Morgan fingerprint density at radius 3 is 3.08 bits per heavy atom. The van der Waals surface area contributed by atoms with Crippen molar-refractivity contribution in [3.8, 4) is 0 Å². The summed E-state index contributed by atoms with van der Waals surface area (Å²) in [4.78, 5) is 6.57. The van der Waals surface area contributed by atoms with Crippen LogP contribution in [0, 0.1) is 6.92 Å². The van der Waals surface area contributed by atoms with Crippen LogP contribution in [0.15, 0.2) is 18.3 Å². The quantitative estimate of drug-likeness (QED) is 0.693. The molecule has 0 bridgehead atoms. The molecule has 3 nitrogen and oxygen atoms in total. The van der Waals surface area contributed by atoms with Crippen LogP contribution in [-0.2, 0) is 0 Å². The van der Waals surface area contributed by atoms with Gasteiger partial charge in [-0.2, -0.15) is 0 Å². The molecular formula is C10H15N3. The Morgan fingerprint density at radius 2 is 2.46 bits per heavy atom. The van der Waals surface area contributed by atoms with Crippen molar-refractivity contribution in [2.45, 2.75) is 19.4 Å². The van der Waals surface area contributed by atoms with Gasteiger partial charge in [-0.1, -0.05) is 0 Å². The first-order valence-corrected chi connectivity index (χ1v) is 4.69. The van der Waals surface area contributed by atoms with Crippen molar-refractivity contribution in [3.05, 3.63) is 23.9 Å². The Hall–Kier alpha value is -1.09. The van der Waals surface area contributed by atoms with Gasteiger partial charge in [-0.3, -0.25) is 0 Å². The van der Waals surface area contributed by atoms with E-state index in [0.29, 0.717) is 6.04 Å². The Morgan fingerprint density at radius 1 is 1.62 bits per heavy atom. The lowest BCUT2D eigenvalue weighted by atomic mass is 10.3. The first-order chi connectivity index (χ1) is 6.25. The summed E-state index contributed by atoms with van der Waals surface area (Å²) < 4.78 is 0. The molecule has 0 amide bonds. The van der Waals surface area contributed by atoms with E-state index in [1.807, 2.05) is 12.3 Å². The van der Waals surface area contributed by atoms with Crippen LogP contribution in [0.25, 0.3) is 0 Å². The van der Waals surface area contributed by atoms with E-state index in [9.17, 15) is 0 Å². The van der Waals surface area contributed by atoms with Gasteiger partial charge < -0.3 is 10.6 Å². The van der Waals surface area contributed by atoms with E-state index in [0.717, 1.165) is 25.3 Å². The van der Waals surface area contributed by atoms with Crippen LogP contribution in [-0.4, -0.2) is 24.1 Å². The van der Waals surface area contributed by atoms with Crippen LogP contribution in [0.1, 0.15) is 12.0 Å². The summed E-state index contributed by atoms with van der Waals surface area (Å²) in [7, 11) is 0. The molecule has 3 heteroatoms. The Bertz CT molecular complexity index is 298. The number of pyridine rings is 1. The Balaban J connectivity index is 2.16. The summed E-state index contributed by atoms with van der Waals surface area (Å²) in [6.45, 7) is 4.06. The van der Waals surface area contributed by atoms with Crippen molar-refractivity contribution < 1.29 is 0 Å². The molecule has 13 heavy (non-hydrogen) atoms. The molecule has 0 spiro atoms. The predicted molar refractivity (Wildman–Crippen MR) is 53.8 cm³/mol. The zero-order valence-electron chi connectivity index (χ0n) is 7.90. The zero-order valence-corrected chi connectivity index (χ0v) is 7.90. The molecule has 0 unspecified atom stereocenters. The zero-order chi connectivity index (χ0) is 9.26. The minimum Gasteiger partial charge on any atom is -0.355 e. The summed E-state index contributed by atoms with van der Waals surface area (Å²) in [5.74, 6) is 1.06. The molecule has 1 atom stereocenters. The van der Waals surface area contributed by atoms with Gasteiger partial charge in [-0.05, 0) is 31.0 Å². The first kappa shape index (κ1) is 8.51. The molecule has 1 fully saturated rings. The third kappa shape index (κ3) is 1.80. The smallest absolute Gasteiger partial charge is 0.128 e. The number of nitrogens with two attached hydrogens (primary N) is 1. The maximum absolute atomic E-state index is 5.83. The van der Waals surface area contributed by atoms with E-state index in [4.69, 9.17) is 5.73 Å². The second kappa shape index (κ2) is 3.34. The fourth-order valence-electron chi connectivity index (χ4n) is 1.69. The van der Waals surface area contributed by atoms with Gasteiger partial charge in [-0.25, -0.2) is 4.98 Å². The summed E-state index contributed by atoms with van der Waals surface area (Å²) in [6, 6.07) is 4.44. The third-order valence-corrected chi connectivity index (χ3v) is 2.45. The standard InChI is InChI=1S/C10H15N3/c1-8-2-4-12-10(6-8)13-5-3-9(11)7-13/h2,4,6,9H,3,5,7,11H2,1H3/t9-/m1/s1. The molecule has 1 saturated heterocycles. The number of nitrogens with zero attached hydrogens (tertiary/aromatic N) is 2. The molecule has 1 aliphatic heterocycles. The van der Waals surface area contributed by atoms with Gasteiger partial charge in [-0.15, -0.1) is 0 Å². The topological polar surface area (TPSA) is 42.2 Å². The fraction of sp³-hybridized carbons (Fsp3) is 0.500. The number of aromatic nitrogens is 1. The van der Waals surface area contributed by atoms with Gasteiger partial charge in [0.15, 0.2) is 0 Å². The highest BCUT2D eigenvalue weighted by Crippen LogP contribution is 2.17. The van der Waals surface area contributed by atoms with E-state index < -0.39 is 0 Å². The second-order valence-electron chi connectivity index (χ2n) is 3.69. The van der Waals surface area contributed by atoms with Crippen molar-refractivity contribution in [3.63, 3.8) is 0 Å². The summed E-state index contributed by atoms with van der Waals surface area (Å²) in [6.07, 6.45) is 2.93. The van der Waals surface area contributed by atoms with Gasteiger partial charge in [0.1, 0.15) is 5.82 Å². The fourth-order valence-corrected chi connectivity index (χ4v) is 1.69. The normalized spacial score (nSPS) is 22.3. The highest BCUT2D eigenvalue weighted by Gasteiger charge is 2.19. The van der Waals surface area contributed by atoms with Crippen LogP contribution in [0.2, 0.25) is 0 Å². The van der Waals surface area contributed by atoms with Crippen molar-refractivity contribution in [2.75, 3.05) is 18.0 Å². The van der Waals surface area contributed by atoms with Crippen LogP contribution >= 0.6 is 0 Å². The molecule has 0 aliphatic carbocycles. The lowest BCUT2D eigenvalue weighted by Crippen LogP contribution is -2.26. The molecule has 1 aromatic rings. The van der Waals surface area contributed by atoms with Crippen molar-refractivity contribution in [2.24, 2.45) is 5.73 Å². The van der Waals surface area contributed by atoms with Crippen LogP contribution < -0.4 is 10.6 Å². The summed E-state index contributed by atoms with van der Waals surface area (Å²) in [5.41, 5.74) is 7.09. The van der Waals surface area contributed by atoms with E-state index in [2.05, 4.69) is 22.9 Å². The van der Waals surface area contributed by atoms with Gasteiger partial charge in [0, 0.05) is 25.3 Å². The SMILES string of the molecule is Cc1ccnc(N2CC[C@@H](N)C2)c1. The van der Waals surface area contributed by atoms with Gasteiger partial charge in [0.05, 0.1) is 0 Å². The number of rotatable bonds is 1. The molecule has 0 saturated carbocycles. The number of anilines is 1. The maximum atomic E-state index is 5.83. The predicted octanol–water partition coefficient (Wildman–Crippen LogP) is 0.927. The van der Waals surface area contributed by atoms with E-state index >= 15 is 0 Å². The molecule has 1 aliphatic rings. The Labute approximate surface area is 78.6 Å². The van der Waals surface area contributed by atoms with Crippen LogP contribution in [0.3, 0.4) is 0 Å². The van der Waals surface area contributed by atoms with E-state index in [1.165, 1.54) is 5.56 Å². The lowest BCUT2D eigenvalue weighted by Gasteiger charge is -2.16. The van der Waals surface area contributed by atoms with Crippen LogP contribution in [0.4, 0.5) is 5.82 Å². The highest BCUT2D eigenvalue weighted by atomic mass is 15.2. The van der Waals surface area contributed by atoms with Crippen molar-refractivity contribution >= 4 is 5.82 Å². The van der Waals surface area contributed by atoms with Gasteiger partial charge in [0.25, 0.3) is 0 Å². The lowest BCUT2D eigenvalue weighted by molar-refractivity contribution is 0.751. The van der Waals surface area contributed by atoms with Gasteiger partial charge in [0.2, 0.25) is 0 Å². The number of hydrogen-bond donors (Lipinski definition) is 1. The van der Waals surface area contributed by atoms with Crippen molar-refractivity contribution in [1.82, 2.24) is 4.98 Å². The molecule has 2 heterocycles. The molecular weight excluding hydrogens is 162 g/mol. The molecule has 0 aromatic carbocycles. The monoisotopic (exact) mass is 177 g/mol. The molecule has 1 aromatic heterocycles. The second-order valence-corrected chi connectivity index (χ2v) is 3.69. The summed E-state index contributed by atoms with van der Waals surface area (Å²) in [5, 5.41) is 0. The molecule has 0 radical (unpaired) electrons. The number of hydrogen-bond acceptors (Lipinski definition) is 3. The van der Waals surface area contributed by atoms with E-state index in [1.54, 1.807) is 0 Å². The largest absolute Gasteiger partial charge is 0.355 e. The first-order valence-electron chi connectivity index (χ1n) is 4.69.